The number of carbonyl (C=O) groups is 2. The Bertz CT molecular complexity index is 1350. The molecule has 16 heteroatoms. The third-order valence-electron chi connectivity index (χ3n) is 4.69. The normalized spacial score (nSPS) is 18.9. The first kappa shape index (κ1) is 31.8. The predicted molar refractivity (Wildman–Crippen MR) is 118 cm³/mol. The first-order valence-corrected chi connectivity index (χ1v) is 10.8. The lowest BCUT2D eigenvalue weighted by molar-refractivity contribution is -0.139. The highest BCUT2D eigenvalue weighted by molar-refractivity contribution is 5.95. The molecule has 0 bridgehead atoms. The van der Waals surface area contributed by atoms with E-state index in [1.807, 2.05) is 13.8 Å². The summed E-state index contributed by atoms with van der Waals surface area (Å²) in [5, 5.41) is 0. The van der Waals surface area contributed by atoms with Gasteiger partial charge < -0.3 is 14.4 Å². The Hall–Kier alpha value is -4.37. The summed E-state index contributed by atoms with van der Waals surface area (Å²) < 4.78 is 145. The number of hydrogen-bond donors (Lipinski definition) is 0. The number of esters is 2. The van der Waals surface area contributed by atoms with Gasteiger partial charge in [-0.2, -0.15) is 13.2 Å². The van der Waals surface area contributed by atoms with Gasteiger partial charge in [-0.25, -0.2) is 40.3 Å². The van der Waals surface area contributed by atoms with Crippen LogP contribution in [0, 0.1) is 29.1 Å². The quantitative estimate of drug-likeness (QED) is 0.0996. The molecule has 216 valence electrons. The number of carbonyl (C=O) groups excluding carboxylic acids is 2. The molecule has 1 aliphatic heterocycles. The zero-order chi connectivity index (χ0) is 30.5. The van der Waals surface area contributed by atoms with Crippen LogP contribution in [-0.2, 0) is 14.3 Å². The van der Waals surface area contributed by atoms with Gasteiger partial charge in [-0.1, -0.05) is 19.9 Å². The molecule has 0 saturated carbocycles. The average Bonchev–Trinajstić information content (AvgIpc) is 3.01. The summed E-state index contributed by atoms with van der Waals surface area (Å²) in [6.07, 6.45) is -0.775. The minimum atomic E-state index is -3.06. The minimum absolute atomic E-state index is 0.118. The van der Waals surface area contributed by atoms with Gasteiger partial charge in [0.2, 0.25) is 46.5 Å². The summed E-state index contributed by atoms with van der Waals surface area (Å²) in [5.41, 5.74) is -0.815. The minimum Gasteiger partial charge on any atom is -0.422 e. The molecule has 1 heterocycles. The van der Waals surface area contributed by atoms with E-state index in [9.17, 15) is 53.5 Å². The van der Waals surface area contributed by atoms with Crippen LogP contribution in [0.3, 0.4) is 0 Å². The molecule has 0 saturated heterocycles. The van der Waals surface area contributed by atoms with Crippen LogP contribution in [-0.4, -0.2) is 41.9 Å². The van der Waals surface area contributed by atoms with E-state index >= 15 is 0 Å². The number of rotatable bonds is 6. The summed E-state index contributed by atoms with van der Waals surface area (Å²) in [7, 11) is 0. The largest absolute Gasteiger partial charge is 0.422 e. The summed E-state index contributed by atoms with van der Waals surface area (Å²) in [4.78, 5) is 29.4. The summed E-state index contributed by atoms with van der Waals surface area (Å²) in [6.45, 7) is 7.04. The number of halogens is 10. The number of benzene rings is 1. The van der Waals surface area contributed by atoms with Crippen LogP contribution in [0.1, 0.15) is 13.8 Å². The second kappa shape index (κ2) is 13.1. The van der Waals surface area contributed by atoms with Crippen LogP contribution >= 0.6 is 0 Å². The van der Waals surface area contributed by atoms with Gasteiger partial charge in [-0.05, 0) is 6.08 Å². The highest BCUT2D eigenvalue weighted by Gasteiger charge is 2.35. The van der Waals surface area contributed by atoms with E-state index in [0.717, 1.165) is 17.3 Å². The zero-order valence-corrected chi connectivity index (χ0v) is 20.2. The topological polar surface area (TPSA) is 68.2 Å². The molecule has 0 amide bonds. The van der Waals surface area contributed by atoms with E-state index in [1.165, 1.54) is 0 Å². The van der Waals surface area contributed by atoms with Crippen molar-refractivity contribution in [2.45, 2.75) is 26.1 Å². The zero-order valence-electron chi connectivity index (χ0n) is 20.2. The molecular formula is C24H16F10N2O4. The van der Waals surface area contributed by atoms with Crippen molar-refractivity contribution in [3.8, 4) is 5.75 Å². The van der Waals surface area contributed by atoms with E-state index in [0.29, 0.717) is 6.08 Å². The fraction of sp³-hybridized carbons (Fsp3) is 0.208. The van der Waals surface area contributed by atoms with Crippen LogP contribution in [0.4, 0.5) is 43.9 Å². The molecule has 2 atom stereocenters. The van der Waals surface area contributed by atoms with Crippen LogP contribution in [0.25, 0.3) is 0 Å². The van der Waals surface area contributed by atoms with Crippen molar-refractivity contribution < 1.29 is 63.0 Å². The Labute approximate surface area is 218 Å². The molecule has 2 aliphatic rings. The summed E-state index contributed by atoms with van der Waals surface area (Å²) in [6, 6.07) is -1.98. The van der Waals surface area contributed by atoms with E-state index in [4.69, 9.17) is 0 Å². The second-order valence-electron chi connectivity index (χ2n) is 7.13. The Kier molecular flexibility index (Phi) is 10.4. The fourth-order valence-corrected chi connectivity index (χ4v) is 2.88. The smallest absolute Gasteiger partial charge is 0.360 e. The maximum Gasteiger partial charge on any atom is 0.360 e. The van der Waals surface area contributed by atoms with Crippen LogP contribution in [0.15, 0.2) is 64.6 Å². The van der Waals surface area contributed by atoms with Crippen molar-refractivity contribution in [3.05, 3.63) is 88.7 Å². The van der Waals surface area contributed by atoms with E-state index in [-0.39, 0.29) is 12.6 Å². The number of ether oxygens (including phenoxy) is 2. The third kappa shape index (κ3) is 6.26. The van der Waals surface area contributed by atoms with Gasteiger partial charge >= 0.3 is 11.9 Å². The van der Waals surface area contributed by atoms with E-state index in [1.54, 1.807) is 0 Å². The molecule has 6 nitrogen and oxygen atoms in total. The van der Waals surface area contributed by atoms with Crippen molar-refractivity contribution >= 4 is 18.3 Å². The van der Waals surface area contributed by atoms with E-state index in [2.05, 4.69) is 21.0 Å². The lowest BCUT2D eigenvalue weighted by Gasteiger charge is -2.25. The van der Waals surface area contributed by atoms with Crippen molar-refractivity contribution in [1.29, 1.82) is 0 Å². The Morgan fingerprint density at radius 3 is 1.98 bits per heavy atom. The molecular weight excluding hydrogens is 570 g/mol. The average molecular weight is 586 g/mol. The Morgan fingerprint density at radius 2 is 1.43 bits per heavy atom. The van der Waals surface area contributed by atoms with Gasteiger partial charge in [0, 0.05) is 12.6 Å². The van der Waals surface area contributed by atoms with Crippen molar-refractivity contribution in [1.82, 2.24) is 4.90 Å². The molecule has 0 radical (unpaired) electrons. The molecule has 1 aromatic carbocycles. The lowest BCUT2D eigenvalue weighted by atomic mass is 10.2. The van der Waals surface area contributed by atoms with Gasteiger partial charge in [0.15, 0.2) is 29.6 Å². The lowest BCUT2D eigenvalue weighted by Crippen LogP contribution is -2.36. The third-order valence-corrected chi connectivity index (χ3v) is 4.69. The highest BCUT2D eigenvalue weighted by atomic mass is 19.2. The van der Waals surface area contributed by atoms with Gasteiger partial charge in [0.25, 0.3) is 0 Å². The summed E-state index contributed by atoms with van der Waals surface area (Å²) in [5.74, 6) is -29.1. The van der Waals surface area contributed by atoms with Crippen molar-refractivity contribution in [3.63, 3.8) is 0 Å². The van der Waals surface area contributed by atoms with Crippen LogP contribution in [0.5, 0.6) is 5.75 Å². The first-order valence-electron chi connectivity index (χ1n) is 10.8. The Morgan fingerprint density at radius 1 is 0.875 bits per heavy atom. The maximum atomic E-state index is 14.1. The molecule has 1 aliphatic carbocycles. The van der Waals surface area contributed by atoms with Crippen molar-refractivity contribution in [2.75, 3.05) is 6.54 Å². The summed E-state index contributed by atoms with van der Waals surface area (Å²) >= 11 is 0. The van der Waals surface area contributed by atoms with Crippen LogP contribution in [0.2, 0.25) is 0 Å². The number of nitrogens with zero attached hydrogens (tertiary/aromatic N) is 2. The fourth-order valence-electron chi connectivity index (χ4n) is 2.88. The second-order valence-corrected chi connectivity index (χ2v) is 7.13. The van der Waals surface area contributed by atoms with Gasteiger partial charge in [-0.3, -0.25) is 4.99 Å². The molecule has 3 rings (SSSR count). The molecule has 0 N–H and O–H groups in total. The Balaban J connectivity index is 0.00000274. The van der Waals surface area contributed by atoms with Gasteiger partial charge in [0.05, 0.1) is 6.34 Å². The standard InChI is InChI=1S/C22H10F10N2O4.C2H6/c1-2-3-34-6-33-8(21(35)37-10-4-7(23)11(24)13(26)14(27)12(10)25)5-9(34)22(36)38-20-18(31)16(29)15(28)17(30)19(20)32;1-2/h2,4-8H,1,3H2;1-2H3. The molecule has 0 fully saturated rings. The molecule has 0 spiro atoms. The predicted octanol–water partition coefficient (Wildman–Crippen LogP) is 6.18. The van der Waals surface area contributed by atoms with E-state index < -0.39 is 93.8 Å². The monoisotopic (exact) mass is 586 g/mol. The highest BCUT2D eigenvalue weighted by Crippen LogP contribution is 2.35. The molecule has 1 aromatic rings. The number of hydrogen-bond acceptors (Lipinski definition) is 6. The molecule has 40 heavy (non-hydrogen) atoms. The SMILES string of the molecule is C=CCN1C=NC(C(=O)OC2=CC(F)C(F)=C(F)C(F)=C2F)C=C1C(=O)Oc1c(F)c(F)c(F)c(F)c1F.CC. The van der Waals surface area contributed by atoms with Gasteiger partial charge in [-0.15, -0.1) is 6.58 Å². The number of allylic oxidation sites excluding steroid dienone is 5. The number of alkyl halides is 1. The van der Waals surface area contributed by atoms with Crippen LogP contribution < -0.4 is 4.74 Å². The van der Waals surface area contributed by atoms with Crippen molar-refractivity contribution in [2.24, 2.45) is 4.99 Å². The maximum absolute atomic E-state index is 14.1. The number of aliphatic imine (C=N–C) groups is 1. The first-order chi connectivity index (χ1) is 18.8. The molecule has 2 unspecified atom stereocenters. The van der Waals surface area contributed by atoms with Gasteiger partial charge in [0.1, 0.15) is 5.70 Å². The molecule has 0 aromatic heterocycles.